The number of aromatic nitrogens is 1. The number of rotatable bonds is 2. The van der Waals surface area contributed by atoms with Gasteiger partial charge in [0.2, 0.25) is 11.8 Å². The van der Waals surface area contributed by atoms with Crippen molar-refractivity contribution in [3.63, 3.8) is 0 Å². The third-order valence-electron chi connectivity index (χ3n) is 4.51. The van der Waals surface area contributed by atoms with Gasteiger partial charge in [0.25, 0.3) is 0 Å². The third-order valence-corrected chi connectivity index (χ3v) is 4.51. The summed E-state index contributed by atoms with van der Waals surface area (Å²) in [5.74, 6) is -0.274. The average molecular weight is 291 g/mol. The molecule has 4 amide bonds. The minimum atomic E-state index is -1.06. The maximum Gasteiger partial charge on any atom is 0.331 e. The average Bonchev–Trinajstić information content (AvgIpc) is 3.04. The molecule has 0 radical (unpaired) electrons. The molecule has 2 heterocycles. The summed E-state index contributed by atoms with van der Waals surface area (Å²) in [5.41, 5.74) is 0.291. The molecular weight excluding hydrogens is 274 g/mol. The van der Waals surface area contributed by atoms with Crippen molar-refractivity contribution in [1.82, 2.24) is 15.4 Å². The van der Waals surface area contributed by atoms with E-state index in [2.05, 4.69) is 10.5 Å². The van der Waals surface area contributed by atoms with Gasteiger partial charge in [0.15, 0.2) is 0 Å². The molecule has 0 atom stereocenters. The zero-order chi connectivity index (χ0) is 15.2. The van der Waals surface area contributed by atoms with Gasteiger partial charge in [0.1, 0.15) is 11.2 Å². The lowest BCUT2D eigenvalue weighted by Crippen LogP contribution is -2.62. The Hall–Kier alpha value is -2.18. The normalized spacial score (nSPS) is 21.2. The van der Waals surface area contributed by atoms with E-state index < -0.39 is 23.3 Å². The van der Waals surface area contributed by atoms with E-state index in [1.165, 1.54) is 0 Å². The van der Waals surface area contributed by atoms with E-state index >= 15 is 0 Å². The Morgan fingerprint density at radius 2 is 1.90 bits per heavy atom. The van der Waals surface area contributed by atoms with Crippen molar-refractivity contribution in [1.29, 1.82) is 0 Å². The highest BCUT2D eigenvalue weighted by Crippen LogP contribution is 2.42. The fourth-order valence-electron chi connectivity index (χ4n) is 3.18. The molecule has 1 aromatic heterocycles. The van der Waals surface area contributed by atoms with Crippen LogP contribution in [-0.4, -0.2) is 27.9 Å². The van der Waals surface area contributed by atoms with Crippen LogP contribution < -0.4 is 5.32 Å². The lowest BCUT2D eigenvalue weighted by atomic mass is 9.82. The molecule has 21 heavy (non-hydrogen) atoms. The molecule has 112 valence electrons. The SMILES string of the molecule is Cc1noc(C)c1CN1C(=O)NC(=O)C2(CCCC2)C1=O. The molecule has 2 aliphatic rings. The Morgan fingerprint density at radius 1 is 1.24 bits per heavy atom. The predicted molar refractivity (Wildman–Crippen MR) is 71.0 cm³/mol. The zero-order valence-corrected chi connectivity index (χ0v) is 12.1. The van der Waals surface area contributed by atoms with Crippen molar-refractivity contribution in [3.8, 4) is 0 Å². The van der Waals surface area contributed by atoms with Crippen LogP contribution >= 0.6 is 0 Å². The molecule has 1 aromatic rings. The van der Waals surface area contributed by atoms with Crippen LogP contribution in [0.25, 0.3) is 0 Å². The molecule has 7 nitrogen and oxygen atoms in total. The van der Waals surface area contributed by atoms with Gasteiger partial charge in [-0.3, -0.25) is 19.8 Å². The Balaban J connectivity index is 1.92. The highest BCUT2D eigenvalue weighted by atomic mass is 16.5. The number of aryl methyl sites for hydroxylation is 2. The van der Waals surface area contributed by atoms with Crippen LogP contribution in [0.5, 0.6) is 0 Å². The fraction of sp³-hybridized carbons (Fsp3) is 0.571. The van der Waals surface area contributed by atoms with Crippen molar-refractivity contribution in [2.24, 2.45) is 5.41 Å². The van der Waals surface area contributed by atoms with Gasteiger partial charge in [0.05, 0.1) is 12.2 Å². The molecule has 7 heteroatoms. The molecule has 0 unspecified atom stereocenters. The first-order valence-electron chi connectivity index (χ1n) is 7.05. The van der Waals surface area contributed by atoms with Gasteiger partial charge < -0.3 is 4.52 Å². The maximum atomic E-state index is 12.7. The summed E-state index contributed by atoms with van der Waals surface area (Å²) in [7, 11) is 0. The second-order valence-electron chi connectivity index (χ2n) is 5.74. The van der Waals surface area contributed by atoms with E-state index in [0.717, 1.165) is 17.7 Å². The maximum absolute atomic E-state index is 12.7. The number of barbiturate groups is 1. The van der Waals surface area contributed by atoms with E-state index in [1.807, 2.05) is 0 Å². The van der Waals surface area contributed by atoms with Crippen LogP contribution in [0, 0.1) is 19.3 Å². The highest BCUT2D eigenvalue weighted by molar-refractivity contribution is 6.19. The standard InChI is InChI=1S/C14H17N3O4/c1-8-10(9(2)21-16-8)7-17-12(19)14(5-3-4-6-14)11(18)15-13(17)20/h3-7H2,1-2H3,(H,15,18,20). The minimum Gasteiger partial charge on any atom is -0.361 e. The highest BCUT2D eigenvalue weighted by Gasteiger charge is 2.55. The Labute approximate surface area is 121 Å². The molecule has 2 fully saturated rings. The smallest absolute Gasteiger partial charge is 0.331 e. The van der Waals surface area contributed by atoms with E-state index in [4.69, 9.17) is 4.52 Å². The summed E-state index contributed by atoms with van der Waals surface area (Å²) < 4.78 is 5.06. The van der Waals surface area contributed by atoms with Crippen molar-refractivity contribution in [3.05, 3.63) is 17.0 Å². The molecule has 0 aromatic carbocycles. The summed E-state index contributed by atoms with van der Waals surface area (Å²) in [6, 6.07) is -0.664. The molecule has 3 rings (SSSR count). The first kappa shape index (κ1) is 13.8. The first-order chi connectivity index (χ1) is 9.95. The minimum absolute atomic E-state index is 0.0842. The number of carbonyl (C=O) groups is 3. The topological polar surface area (TPSA) is 92.5 Å². The van der Waals surface area contributed by atoms with Gasteiger partial charge >= 0.3 is 6.03 Å². The van der Waals surface area contributed by atoms with E-state index in [0.29, 0.717) is 29.9 Å². The van der Waals surface area contributed by atoms with Crippen LogP contribution in [0.1, 0.15) is 42.7 Å². The largest absolute Gasteiger partial charge is 0.361 e. The molecule has 1 aliphatic heterocycles. The molecule has 1 aliphatic carbocycles. The number of hydrogen-bond donors (Lipinski definition) is 1. The van der Waals surface area contributed by atoms with Crippen LogP contribution in [0.15, 0.2) is 4.52 Å². The van der Waals surface area contributed by atoms with Crippen molar-refractivity contribution in [2.75, 3.05) is 0 Å². The first-order valence-corrected chi connectivity index (χ1v) is 7.05. The van der Waals surface area contributed by atoms with Gasteiger partial charge in [-0.05, 0) is 26.7 Å². The summed E-state index contributed by atoms with van der Waals surface area (Å²) in [5, 5.41) is 6.14. The van der Waals surface area contributed by atoms with Crippen molar-refractivity contribution >= 4 is 17.8 Å². The molecule has 1 saturated carbocycles. The van der Waals surface area contributed by atoms with E-state index in [9.17, 15) is 14.4 Å². The Kier molecular flexibility index (Phi) is 3.07. The van der Waals surface area contributed by atoms with Crippen LogP contribution in [-0.2, 0) is 16.1 Å². The second-order valence-corrected chi connectivity index (χ2v) is 5.74. The number of nitrogens with zero attached hydrogens (tertiary/aromatic N) is 2. The molecule has 1 N–H and O–H groups in total. The Bertz CT molecular complexity index is 609. The lowest BCUT2D eigenvalue weighted by molar-refractivity contribution is -0.151. The van der Waals surface area contributed by atoms with Gasteiger partial charge in [0, 0.05) is 5.56 Å². The third kappa shape index (κ3) is 1.95. The van der Waals surface area contributed by atoms with Crippen molar-refractivity contribution < 1.29 is 18.9 Å². The quantitative estimate of drug-likeness (QED) is 0.832. The predicted octanol–water partition coefficient (Wildman–Crippen LogP) is 1.43. The molecule has 1 spiro atoms. The number of hydrogen-bond acceptors (Lipinski definition) is 5. The number of amides is 4. The summed E-state index contributed by atoms with van der Waals surface area (Å²) in [4.78, 5) is 38.0. The van der Waals surface area contributed by atoms with Gasteiger partial charge in [-0.2, -0.15) is 0 Å². The summed E-state index contributed by atoms with van der Waals surface area (Å²) in [6.07, 6.45) is 2.66. The summed E-state index contributed by atoms with van der Waals surface area (Å²) in [6.45, 7) is 3.58. The lowest BCUT2D eigenvalue weighted by Gasteiger charge is -2.36. The molecule has 0 bridgehead atoms. The Morgan fingerprint density at radius 3 is 2.48 bits per heavy atom. The van der Waals surface area contributed by atoms with Crippen LogP contribution in [0.4, 0.5) is 4.79 Å². The van der Waals surface area contributed by atoms with Crippen LogP contribution in [0.2, 0.25) is 0 Å². The number of nitrogens with one attached hydrogen (secondary N) is 1. The molecular formula is C14H17N3O4. The monoisotopic (exact) mass is 291 g/mol. The molecule has 1 saturated heterocycles. The van der Waals surface area contributed by atoms with Gasteiger partial charge in [-0.1, -0.05) is 18.0 Å². The van der Waals surface area contributed by atoms with Crippen LogP contribution in [0.3, 0.4) is 0 Å². The fourth-order valence-corrected chi connectivity index (χ4v) is 3.18. The zero-order valence-electron chi connectivity index (χ0n) is 12.1. The number of urea groups is 1. The van der Waals surface area contributed by atoms with E-state index in [-0.39, 0.29) is 6.54 Å². The van der Waals surface area contributed by atoms with Gasteiger partial charge in [-0.25, -0.2) is 4.79 Å². The number of carbonyl (C=O) groups excluding carboxylic acids is 3. The summed E-state index contributed by atoms with van der Waals surface area (Å²) >= 11 is 0. The number of imide groups is 2. The van der Waals surface area contributed by atoms with Gasteiger partial charge in [-0.15, -0.1) is 0 Å². The van der Waals surface area contributed by atoms with Crippen molar-refractivity contribution in [2.45, 2.75) is 46.1 Å². The second kappa shape index (κ2) is 4.68. The van der Waals surface area contributed by atoms with E-state index in [1.54, 1.807) is 13.8 Å².